The van der Waals surface area contributed by atoms with Crippen molar-refractivity contribution in [1.82, 2.24) is 9.97 Å². The Balaban J connectivity index is 1.71. The molecule has 1 aliphatic heterocycles. The standard InChI is InChI=1S/C20H23FN4O3/c1-11(2)17-14-10-22-19(23-12-7-8-16(26)15(21)9-12)24-18(14)25(20(27)28-17)13-5-3-4-6-13/h7-11,13,17,26H,3-6H2,1-2H3,(H,22,23,24). The van der Waals surface area contributed by atoms with Crippen LogP contribution in [0.3, 0.4) is 0 Å². The number of halogens is 1. The molecule has 148 valence electrons. The van der Waals surface area contributed by atoms with Gasteiger partial charge in [-0.2, -0.15) is 4.98 Å². The Hall–Kier alpha value is -2.90. The first-order chi connectivity index (χ1) is 13.4. The van der Waals surface area contributed by atoms with Gasteiger partial charge in [-0.1, -0.05) is 26.7 Å². The van der Waals surface area contributed by atoms with Crippen LogP contribution in [0.4, 0.5) is 26.6 Å². The lowest BCUT2D eigenvalue weighted by Crippen LogP contribution is -2.45. The van der Waals surface area contributed by atoms with E-state index in [0.717, 1.165) is 37.3 Å². The van der Waals surface area contributed by atoms with Crippen molar-refractivity contribution >= 4 is 23.5 Å². The number of cyclic esters (lactones) is 1. The number of carbonyl (C=O) groups excluding carboxylic acids is 1. The minimum atomic E-state index is -0.737. The first kappa shape index (κ1) is 18.5. The van der Waals surface area contributed by atoms with Crippen molar-refractivity contribution in [2.45, 2.75) is 51.7 Å². The Kier molecular flexibility index (Phi) is 4.78. The molecule has 1 aromatic carbocycles. The molecular weight excluding hydrogens is 363 g/mol. The number of nitrogens with one attached hydrogen (secondary N) is 1. The molecule has 1 saturated carbocycles. The van der Waals surface area contributed by atoms with E-state index in [0.29, 0.717) is 11.5 Å². The highest BCUT2D eigenvalue weighted by Crippen LogP contribution is 2.41. The Morgan fingerprint density at radius 2 is 2.07 bits per heavy atom. The Morgan fingerprint density at radius 1 is 1.32 bits per heavy atom. The molecule has 2 aromatic rings. The van der Waals surface area contributed by atoms with Gasteiger partial charge < -0.3 is 15.2 Å². The van der Waals surface area contributed by atoms with Gasteiger partial charge in [0, 0.05) is 24.0 Å². The third kappa shape index (κ3) is 3.34. The number of benzene rings is 1. The number of aromatic nitrogens is 2. The van der Waals surface area contributed by atoms with Crippen molar-refractivity contribution in [3.63, 3.8) is 0 Å². The van der Waals surface area contributed by atoms with E-state index in [1.54, 1.807) is 11.1 Å². The van der Waals surface area contributed by atoms with Crippen LogP contribution in [-0.4, -0.2) is 27.2 Å². The molecule has 1 fully saturated rings. The van der Waals surface area contributed by atoms with Gasteiger partial charge >= 0.3 is 6.09 Å². The summed E-state index contributed by atoms with van der Waals surface area (Å²) in [5.41, 5.74) is 1.19. The van der Waals surface area contributed by atoms with Gasteiger partial charge in [0.1, 0.15) is 6.10 Å². The van der Waals surface area contributed by atoms with Gasteiger partial charge in [-0.05, 0) is 30.9 Å². The van der Waals surface area contributed by atoms with E-state index >= 15 is 0 Å². The van der Waals surface area contributed by atoms with Crippen molar-refractivity contribution < 1.29 is 19.0 Å². The van der Waals surface area contributed by atoms with Crippen molar-refractivity contribution in [3.8, 4) is 5.75 Å². The summed E-state index contributed by atoms with van der Waals surface area (Å²) >= 11 is 0. The van der Waals surface area contributed by atoms with Gasteiger partial charge in [-0.3, -0.25) is 4.90 Å². The summed E-state index contributed by atoms with van der Waals surface area (Å²) in [5, 5.41) is 12.3. The molecule has 28 heavy (non-hydrogen) atoms. The fourth-order valence-corrected chi connectivity index (χ4v) is 3.84. The second kappa shape index (κ2) is 7.26. The van der Waals surface area contributed by atoms with Gasteiger partial charge in [0.15, 0.2) is 17.4 Å². The van der Waals surface area contributed by atoms with E-state index < -0.39 is 17.7 Å². The van der Waals surface area contributed by atoms with Gasteiger partial charge in [0.05, 0.1) is 5.56 Å². The fourth-order valence-electron chi connectivity index (χ4n) is 3.84. The number of hydrogen-bond donors (Lipinski definition) is 2. The van der Waals surface area contributed by atoms with Gasteiger partial charge in [0.2, 0.25) is 5.95 Å². The van der Waals surface area contributed by atoms with Crippen molar-refractivity contribution in [2.75, 3.05) is 10.2 Å². The molecular formula is C20H23FN4O3. The minimum absolute atomic E-state index is 0.0632. The summed E-state index contributed by atoms with van der Waals surface area (Å²) in [6.45, 7) is 3.97. The van der Waals surface area contributed by atoms with Crippen LogP contribution in [0.1, 0.15) is 51.2 Å². The summed E-state index contributed by atoms with van der Waals surface area (Å²) in [6.07, 6.45) is 4.85. The first-order valence-corrected chi connectivity index (χ1v) is 9.56. The summed E-state index contributed by atoms with van der Waals surface area (Å²) in [7, 11) is 0. The van der Waals surface area contributed by atoms with Crippen LogP contribution in [0, 0.1) is 11.7 Å². The zero-order chi connectivity index (χ0) is 19.8. The number of rotatable bonds is 4. The molecule has 8 heteroatoms. The van der Waals surface area contributed by atoms with Crippen LogP contribution in [0.25, 0.3) is 0 Å². The zero-order valence-corrected chi connectivity index (χ0v) is 15.9. The average Bonchev–Trinajstić information content (AvgIpc) is 3.18. The van der Waals surface area contributed by atoms with Gasteiger partial charge in [0.25, 0.3) is 0 Å². The monoisotopic (exact) mass is 386 g/mol. The summed E-state index contributed by atoms with van der Waals surface area (Å²) in [6, 6.07) is 4.01. The van der Waals surface area contributed by atoms with Crippen molar-refractivity contribution in [2.24, 2.45) is 5.92 Å². The molecule has 1 atom stereocenters. The molecule has 1 amide bonds. The van der Waals surface area contributed by atoms with Crippen LogP contribution in [0.15, 0.2) is 24.4 Å². The lowest BCUT2D eigenvalue weighted by molar-refractivity contribution is 0.0673. The van der Waals surface area contributed by atoms with E-state index in [1.165, 1.54) is 12.1 Å². The number of nitrogens with zero attached hydrogens (tertiary/aromatic N) is 3. The van der Waals surface area contributed by atoms with Crippen molar-refractivity contribution in [3.05, 3.63) is 35.8 Å². The van der Waals surface area contributed by atoms with Gasteiger partial charge in [-0.25, -0.2) is 14.2 Å². The number of phenols is 1. The molecule has 2 aliphatic rings. The van der Waals surface area contributed by atoms with Crippen LogP contribution in [0.5, 0.6) is 5.75 Å². The maximum absolute atomic E-state index is 13.6. The van der Waals surface area contributed by atoms with Crippen molar-refractivity contribution in [1.29, 1.82) is 0 Å². The first-order valence-electron chi connectivity index (χ1n) is 9.56. The SMILES string of the molecule is CC(C)C1OC(=O)N(C2CCCC2)c2nc(Nc3ccc(O)c(F)c3)ncc21. The zero-order valence-electron chi connectivity index (χ0n) is 15.9. The largest absolute Gasteiger partial charge is 0.505 e. The van der Waals surface area contributed by atoms with E-state index in [-0.39, 0.29) is 24.0 Å². The maximum Gasteiger partial charge on any atom is 0.416 e. The minimum Gasteiger partial charge on any atom is -0.505 e. The molecule has 4 rings (SSSR count). The second-order valence-corrected chi connectivity index (χ2v) is 7.62. The number of fused-ring (bicyclic) bond motifs is 1. The highest BCUT2D eigenvalue weighted by atomic mass is 19.1. The molecule has 0 spiro atoms. The van der Waals surface area contributed by atoms with E-state index in [1.807, 2.05) is 13.8 Å². The molecule has 2 N–H and O–H groups in total. The number of amides is 1. The Labute approximate surface area is 162 Å². The number of hydrogen-bond acceptors (Lipinski definition) is 6. The molecule has 2 heterocycles. The third-order valence-electron chi connectivity index (χ3n) is 5.25. The molecule has 1 aromatic heterocycles. The highest BCUT2D eigenvalue weighted by molar-refractivity contribution is 5.90. The quantitative estimate of drug-likeness (QED) is 0.743. The lowest BCUT2D eigenvalue weighted by Gasteiger charge is -2.37. The number of anilines is 3. The van der Waals surface area contributed by atoms with Crippen LogP contribution >= 0.6 is 0 Å². The number of ether oxygens (including phenoxy) is 1. The molecule has 7 nitrogen and oxygen atoms in total. The second-order valence-electron chi connectivity index (χ2n) is 7.62. The Morgan fingerprint density at radius 3 is 2.75 bits per heavy atom. The third-order valence-corrected chi connectivity index (χ3v) is 5.25. The smallest absolute Gasteiger partial charge is 0.416 e. The summed E-state index contributed by atoms with van der Waals surface area (Å²) < 4.78 is 19.3. The van der Waals surface area contributed by atoms with E-state index in [4.69, 9.17) is 4.74 Å². The van der Waals surface area contributed by atoms with E-state index in [9.17, 15) is 14.3 Å². The molecule has 1 unspecified atom stereocenters. The van der Waals surface area contributed by atoms with Crippen LogP contribution < -0.4 is 10.2 Å². The predicted molar refractivity (Wildman–Crippen MR) is 102 cm³/mol. The maximum atomic E-state index is 13.6. The number of phenolic OH excluding ortho intramolecular Hbond substituents is 1. The molecule has 0 saturated heterocycles. The topological polar surface area (TPSA) is 87.6 Å². The number of aromatic hydroxyl groups is 1. The average molecular weight is 386 g/mol. The highest BCUT2D eigenvalue weighted by Gasteiger charge is 2.40. The summed E-state index contributed by atoms with van der Waals surface area (Å²) in [4.78, 5) is 23.3. The predicted octanol–water partition coefficient (Wildman–Crippen LogP) is 4.66. The Bertz CT molecular complexity index is 899. The van der Waals surface area contributed by atoms with Crippen LogP contribution in [0.2, 0.25) is 0 Å². The van der Waals surface area contributed by atoms with Crippen LogP contribution in [-0.2, 0) is 4.74 Å². The fraction of sp³-hybridized carbons (Fsp3) is 0.450. The lowest BCUT2D eigenvalue weighted by atomic mass is 9.98. The molecule has 1 aliphatic carbocycles. The molecule has 0 radical (unpaired) electrons. The normalized spacial score (nSPS) is 19.6. The van der Waals surface area contributed by atoms with Gasteiger partial charge in [-0.15, -0.1) is 0 Å². The van der Waals surface area contributed by atoms with E-state index in [2.05, 4.69) is 15.3 Å². The number of carbonyl (C=O) groups is 1. The molecule has 0 bridgehead atoms. The summed E-state index contributed by atoms with van der Waals surface area (Å²) in [5.74, 6) is -0.268.